The van der Waals surface area contributed by atoms with E-state index in [1.54, 1.807) is 6.92 Å². The number of Topliss-reactive ketones (excluding diaryl/α,β-unsaturated/α-hetero) is 1. The van der Waals surface area contributed by atoms with Crippen molar-refractivity contribution in [1.82, 2.24) is 0 Å². The number of ketones is 1. The number of hydrogen-bond donors (Lipinski definition) is 0. The van der Waals surface area contributed by atoms with E-state index >= 15 is 0 Å². The minimum absolute atomic E-state index is 0.0539. The Kier molecular flexibility index (Phi) is 5.36. The smallest absolute Gasteiger partial charge is 0.161 e. The van der Waals surface area contributed by atoms with Crippen LogP contribution in [0.25, 0.3) is 0 Å². The van der Waals surface area contributed by atoms with Crippen molar-refractivity contribution in [2.45, 2.75) is 59.3 Å². The molecule has 0 aliphatic heterocycles. The minimum Gasteiger partial charge on any atom is -0.294 e. The Hall–Kier alpha value is -1.55. The third kappa shape index (κ3) is 4.56. The summed E-state index contributed by atoms with van der Waals surface area (Å²) in [6.07, 6.45) is 3.16. The van der Waals surface area contributed by atoms with Crippen molar-refractivity contribution >= 4 is 5.78 Å². The quantitative estimate of drug-likeness (QED) is 0.434. The highest BCUT2D eigenvalue weighted by Crippen LogP contribution is 2.24. The van der Waals surface area contributed by atoms with Crippen LogP contribution in [-0.4, -0.2) is 5.78 Å². The molecule has 1 nitrogen and oxygen atoms in total. The first-order valence-electron chi connectivity index (χ1n) is 7.00. The molecule has 0 unspecified atom stereocenters. The molecular formula is C18H24O. The van der Waals surface area contributed by atoms with Crippen molar-refractivity contribution in [3.8, 4) is 11.8 Å². The Morgan fingerprint density at radius 2 is 1.95 bits per heavy atom. The van der Waals surface area contributed by atoms with Crippen LogP contribution in [0.1, 0.15) is 75.4 Å². The Bertz CT molecular complexity index is 507. The first-order valence-corrected chi connectivity index (χ1v) is 7.00. The van der Waals surface area contributed by atoms with Crippen molar-refractivity contribution in [1.29, 1.82) is 0 Å². The summed E-state index contributed by atoms with van der Waals surface area (Å²) in [6.45, 7) is 10.2. The molecule has 0 atom stereocenters. The van der Waals surface area contributed by atoms with E-state index in [4.69, 9.17) is 0 Å². The fraction of sp³-hybridized carbons (Fsp3) is 0.500. The van der Waals surface area contributed by atoms with Gasteiger partial charge in [0.25, 0.3) is 0 Å². The lowest BCUT2D eigenvalue weighted by molar-refractivity contribution is 0.101. The summed E-state index contributed by atoms with van der Waals surface area (Å²) >= 11 is 0. The molecule has 0 fully saturated rings. The minimum atomic E-state index is 0.0539. The van der Waals surface area contributed by atoms with E-state index in [0.717, 1.165) is 30.4 Å². The number of benzene rings is 1. The van der Waals surface area contributed by atoms with Crippen LogP contribution in [0, 0.1) is 11.8 Å². The van der Waals surface area contributed by atoms with Crippen LogP contribution in [0.15, 0.2) is 18.2 Å². The van der Waals surface area contributed by atoms with Gasteiger partial charge in [-0.2, -0.15) is 0 Å². The number of unbranched alkanes of at least 4 members (excludes halogenated alkanes) is 2. The largest absolute Gasteiger partial charge is 0.294 e. The molecule has 0 bridgehead atoms. The number of carbonyl (C=O) groups is 1. The number of hydrogen-bond acceptors (Lipinski definition) is 1. The Morgan fingerprint density at radius 1 is 1.26 bits per heavy atom. The van der Waals surface area contributed by atoms with Crippen LogP contribution < -0.4 is 0 Å². The van der Waals surface area contributed by atoms with Crippen molar-refractivity contribution in [3.05, 3.63) is 34.9 Å². The second kappa shape index (κ2) is 6.57. The van der Waals surface area contributed by atoms with E-state index in [1.807, 2.05) is 12.1 Å². The van der Waals surface area contributed by atoms with Gasteiger partial charge in [0.1, 0.15) is 0 Å². The van der Waals surface area contributed by atoms with Crippen LogP contribution in [0.3, 0.4) is 0 Å². The van der Waals surface area contributed by atoms with Gasteiger partial charge in [-0.15, -0.1) is 0 Å². The highest BCUT2D eigenvalue weighted by molar-refractivity contribution is 5.96. The maximum absolute atomic E-state index is 11.8. The lowest BCUT2D eigenvalue weighted by Gasteiger charge is -2.20. The molecule has 0 N–H and O–H groups in total. The van der Waals surface area contributed by atoms with Crippen molar-refractivity contribution in [3.63, 3.8) is 0 Å². The van der Waals surface area contributed by atoms with E-state index in [9.17, 15) is 4.79 Å². The van der Waals surface area contributed by atoms with E-state index < -0.39 is 0 Å². The van der Waals surface area contributed by atoms with Crippen molar-refractivity contribution < 1.29 is 4.79 Å². The highest BCUT2D eigenvalue weighted by atomic mass is 16.1. The second-order valence-corrected chi connectivity index (χ2v) is 5.97. The molecule has 0 aromatic heterocycles. The average Bonchev–Trinajstić information content (AvgIpc) is 2.33. The zero-order valence-electron chi connectivity index (χ0n) is 12.8. The molecule has 19 heavy (non-hydrogen) atoms. The standard InChI is InChI=1S/C18H24O/c1-6-7-8-9-10-15-11-12-16(18(3,4)5)13-17(15)14(2)19/h11-13H,6-8H2,1-5H3. The van der Waals surface area contributed by atoms with Gasteiger partial charge in [0.2, 0.25) is 0 Å². The molecule has 1 aromatic carbocycles. The molecule has 0 amide bonds. The van der Waals surface area contributed by atoms with Gasteiger partial charge in [0.15, 0.2) is 5.78 Å². The van der Waals surface area contributed by atoms with E-state index in [0.29, 0.717) is 0 Å². The SMILES string of the molecule is CCCCC#Cc1ccc(C(C)(C)C)cc1C(C)=O. The fourth-order valence-corrected chi connectivity index (χ4v) is 1.83. The monoisotopic (exact) mass is 256 g/mol. The lowest BCUT2D eigenvalue weighted by Crippen LogP contribution is -2.12. The first kappa shape index (κ1) is 15.5. The molecular weight excluding hydrogens is 232 g/mol. The lowest BCUT2D eigenvalue weighted by atomic mass is 9.84. The number of rotatable bonds is 3. The third-order valence-corrected chi connectivity index (χ3v) is 3.14. The summed E-state index contributed by atoms with van der Waals surface area (Å²) in [4.78, 5) is 11.8. The van der Waals surface area contributed by atoms with Crippen LogP contribution in [0.4, 0.5) is 0 Å². The van der Waals surface area contributed by atoms with Gasteiger partial charge in [-0.05, 0) is 36.5 Å². The molecule has 0 aliphatic carbocycles. The summed E-state index contributed by atoms with van der Waals surface area (Å²) < 4.78 is 0. The third-order valence-electron chi connectivity index (χ3n) is 3.14. The van der Waals surface area contributed by atoms with Gasteiger partial charge in [0.05, 0.1) is 0 Å². The van der Waals surface area contributed by atoms with Gasteiger partial charge in [-0.3, -0.25) is 4.79 Å². The zero-order valence-corrected chi connectivity index (χ0v) is 12.8. The van der Waals surface area contributed by atoms with Crippen LogP contribution in [0.2, 0.25) is 0 Å². The fourth-order valence-electron chi connectivity index (χ4n) is 1.83. The number of carbonyl (C=O) groups excluding carboxylic acids is 1. The molecule has 0 heterocycles. The van der Waals surface area contributed by atoms with Crippen LogP contribution in [-0.2, 0) is 5.41 Å². The topological polar surface area (TPSA) is 17.1 Å². The summed E-state index contributed by atoms with van der Waals surface area (Å²) in [5, 5.41) is 0. The zero-order chi connectivity index (χ0) is 14.5. The van der Waals surface area contributed by atoms with Crippen LogP contribution >= 0.6 is 0 Å². The summed E-state index contributed by atoms with van der Waals surface area (Å²) in [6, 6.07) is 6.05. The van der Waals surface area contributed by atoms with Gasteiger partial charge in [-0.1, -0.05) is 52.0 Å². The highest BCUT2D eigenvalue weighted by Gasteiger charge is 2.16. The molecule has 0 aliphatic rings. The molecule has 102 valence electrons. The average molecular weight is 256 g/mol. The molecule has 0 radical (unpaired) electrons. The van der Waals surface area contributed by atoms with Crippen LogP contribution in [0.5, 0.6) is 0 Å². The Morgan fingerprint density at radius 3 is 2.47 bits per heavy atom. The van der Waals surface area contributed by atoms with Gasteiger partial charge in [0, 0.05) is 17.5 Å². The van der Waals surface area contributed by atoms with Gasteiger partial charge in [-0.25, -0.2) is 0 Å². The summed E-state index contributed by atoms with van der Waals surface area (Å²) in [5.41, 5.74) is 2.84. The van der Waals surface area contributed by atoms with Crippen molar-refractivity contribution in [2.75, 3.05) is 0 Å². The normalized spacial score (nSPS) is 10.8. The second-order valence-electron chi connectivity index (χ2n) is 5.97. The molecule has 0 saturated heterocycles. The molecule has 0 spiro atoms. The van der Waals surface area contributed by atoms with Gasteiger partial charge >= 0.3 is 0 Å². The molecule has 1 aromatic rings. The van der Waals surface area contributed by atoms with E-state index in [2.05, 4.69) is 45.6 Å². The molecule has 1 heteroatoms. The van der Waals surface area contributed by atoms with Gasteiger partial charge < -0.3 is 0 Å². The molecule has 1 rings (SSSR count). The maximum Gasteiger partial charge on any atom is 0.161 e. The summed E-state index contributed by atoms with van der Waals surface area (Å²) in [7, 11) is 0. The summed E-state index contributed by atoms with van der Waals surface area (Å²) in [5.74, 6) is 6.38. The first-order chi connectivity index (χ1) is 8.86. The van der Waals surface area contributed by atoms with E-state index in [1.165, 1.54) is 5.56 Å². The van der Waals surface area contributed by atoms with Crippen molar-refractivity contribution in [2.24, 2.45) is 0 Å². The van der Waals surface area contributed by atoms with E-state index in [-0.39, 0.29) is 11.2 Å². The predicted molar refractivity (Wildman–Crippen MR) is 81.5 cm³/mol. The Balaban J connectivity index is 3.11. The predicted octanol–water partition coefficient (Wildman–Crippen LogP) is 4.73. The Labute approximate surface area is 117 Å². The maximum atomic E-state index is 11.8. The molecule has 0 saturated carbocycles.